The molecule has 1 rings (SSSR count). The van der Waals surface area contributed by atoms with Crippen molar-refractivity contribution in [1.82, 2.24) is 5.32 Å². The van der Waals surface area contributed by atoms with E-state index in [9.17, 15) is 9.59 Å². The van der Waals surface area contributed by atoms with Crippen molar-refractivity contribution in [2.24, 2.45) is 0 Å². The lowest BCUT2D eigenvalue weighted by molar-refractivity contribution is -0.140. The highest BCUT2D eigenvalue weighted by Crippen LogP contribution is 2.19. The largest absolute Gasteiger partial charge is 0.469 e. The normalized spacial score (nSPS) is 10.0. The van der Waals surface area contributed by atoms with Gasteiger partial charge in [-0.15, -0.1) is 0 Å². The Morgan fingerprint density at radius 1 is 1.24 bits per heavy atom. The summed E-state index contributed by atoms with van der Waals surface area (Å²) in [4.78, 5) is 22.6. The molecule has 0 unspecified atom stereocenters. The summed E-state index contributed by atoms with van der Waals surface area (Å²) < 4.78 is 5.57. The van der Waals surface area contributed by atoms with Gasteiger partial charge in [-0.25, -0.2) is 4.79 Å². The number of hydrogen-bond donors (Lipinski definition) is 2. The smallest absolute Gasteiger partial charge is 0.319 e. The van der Waals surface area contributed by atoms with E-state index in [-0.39, 0.29) is 12.0 Å². The standard InChI is InChI=1S/C15H21BrN2O3/c1-11-10-12(7-8-13(11)16)18-15(20)17-9-5-3-4-6-14(19)21-2/h7-8,10H,3-6,9H2,1-2H3,(H2,17,18,20). The average Bonchev–Trinajstić information content (AvgIpc) is 2.46. The van der Waals surface area contributed by atoms with E-state index < -0.39 is 0 Å². The van der Waals surface area contributed by atoms with E-state index in [0.717, 1.165) is 35.0 Å². The molecule has 6 heteroatoms. The first-order valence-electron chi connectivity index (χ1n) is 6.90. The molecule has 1 aromatic carbocycles. The van der Waals surface area contributed by atoms with Gasteiger partial charge < -0.3 is 15.4 Å². The van der Waals surface area contributed by atoms with Crippen LogP contribution in [0.2, 0.25) is 0 Å². The number of urea groups is 1. The van der Waals surface area contributed by atoms with Crippen LogP contribution in [0.15, 0.2) is 22.7 Å². The molecule has 2 N–H and O–H groups in total. The van der Waals surface area contributed by atoms with Crippen molar-refractivity contribution >= 4 is 33.6 Å². The van der Waals surface area contributed by atoms with Crippen LogP contribution in [-0.2, 0) is 9.53 Å². The second-order valence-corrected chi connectivity index (χ2v) is 5.59. The number of ether oxygens (including phenoxy) is 1. The van der Waals surface area contributed by atoms with Crippen LogP contribution in [0.3, 0.4) is 0 Å². The lowest BCUT2D eigenvalue weighted by Gasteiger charge is -2.08. The van der Waals surface area contributed by atoms with Gasteiger partial charge in [0, 0.05) is 23.1 Å². The van der Waals surface area contributed by atoms with Gasteiger partial charge in [0.05, 0.1) is 7.11 Å². The third kappa shape index (κ3) is 7.13. The number of carbonyl (C=O) groups is 2. The number of amides is 2. The molecule has 0 aromatic heterocycles. The quantitative estimate of drug-likeness (QED) is 0.579. The van der Waals surface area contributed by atoms with Crippen molar-refractivity contribution in [3.63, 3.8) is 0 Å². The molecule has 0 aliphatic heterocycles. The lowest BCUT2D eigenvalue weighted by atomic mass is 10.2. The minimum atomic E-state index is -0.218. The summed E-state index contributed by atoms with van der Waals surface area (Å²) in [6.45, 7) is 2.55. The van der Waals surface area contributed by atoms with Gasteiger partial charge in [-0.05, 0) is 43.5 Å². The molecule has 0 spiro atoms. The number of hydrogen-bond acceptors (Lipinski definition) is 3. The van der Waals surface area contributed by atoms with Crippen LogP contribution in [0.4, 0.5) is 10.5 Å². The molecule has 2 amide bonds. The number of carbonyl (C=O) groups excluding carboxylic acids is 2. The molecule has 1 aromatic rings. The Hall–Kier alpha value is -1.56. The Balaban J connectivity index is 2.16. The van der Waals surface area contributed by atoms with Crippen molar-refractivity contribution in [2.45, 2.75) is 32.6 Å². The van der Waals surface area contributed by atoms with Crippen LogP contribution in [-0.4, -0.2) is 25.7 Å². The topological polar surface area (TPSA) is 67.4 Å². The van der Waals surface area contributed by atoms with Crippen molar-refractivity contribution in [2.75, 3.05) is 19.0 Å². The van der Waals surface area contributed by atoms with E-state index in [1.54, 1.807) is 0 Å². The SMILES string of the molecule is COC(=O)CCCCCNC(=O)Nc1ccc(Br)c(C)c1. The molecule has 0 fully saturated rings. The first kappa shape index (κ1) is 17.5. The van der Waals surface area contributed by atoms with Crippen LogP contribution >= 0.6 is 15.9 Å². The number of halogens is 1. The van der Waals surface area contributed by atoms with E-state index in [2.05, 4.69) is 31.3 Å². The van der Waals surface area contributed by atoms with Crippen LogP contribution in [0.1, 0.15) is 31.2 Å². The Morgan fingerprint density at radius 3 is 2.67 bits per heavy atom. The average molecular weight is 357 g/mol. The van der Waals surface area contributed by atoms with Gasteiger partial charge in [0.25, 0.3) is 0 Å². The van der Waals surface area contributed by atoms with Crippen molar-refractivity contribution in [1.29, 1.82) is 0 Å². The van der Waals surface area contributed by atoms with E-state index in [1.165, 1.54) is 7.11 Å². The van der Waals surface area contributed by atoms with Gasteiger partial charge in [0.2, 0.25) is 0 Å². The lowest BCUT2D eigenvalue weighted by Crippen LogP contribution is -2.29. The molecule has 0 radical (unpaired) electrons. The minimum Gasteiger partial charge on any atom is -0.469 e. The fraction of sp³-hybridized carbons (Fsp3) is 0.467. The molecule has 5 nitrogen and oxygen atoms in total. The fourth-order valence-electron chi connectivity index (χ4n) is 1.77. The maximum atomic E-state index is 11.7. The molecule has 116 valence electrons. The Bertz CT molecular complexity index is 492. The number of rotatable bonds is 7. The van der Waals surface area contributed by atoms with Crippen LogP contribution in [0.5, 0.6) is 0 Å². The zero-order chi connectivity index (χ0) is 15.7. The predicted octanol–water partition coefficient (Wildman–Crippen LogP) is 3.61. The Labute approximate surface area is 133 Å². The number of aryl methyl sites for hydroxylation is 1. The second-order valence-electron chi connectivity index (χ2n) is 4.73. The first-order chi connectivity index (χ1) is 10.0. The highest BCUT2D eigenvalue weighted by atomic mass is 79.9. The van der Waals surface area contributed by atoms with Crippen LogP contribution < -0.4 is 10.6 Å². The number of methoxy groups -OCH3 is 1. The van der Waals surface area contributed by atoms with Gasteiger partial charge in [0.1, 0.15) is 0 Å². The maximum absolute atomic E-state index is 11.7. The monoisotopic (exact) mass is 356 g/mol. The molecular formula is C15H21BrN2O3. The summed E-state index contributed by atoms with van der Waals surface area (Å²) in [6.07, 6.45) is 2.93. The summed E-state index contributed by atoms with van der Waals surface area (Å²) in [5.74, 6) is -0.189. The Morgan fingerprint density at radius 2 is 2.00 bits per heavy atom. The van der Waals surface area contributed by atoms with E-state index >= 15 is 0 Å². The molecular weight excluding hydrogens is 336 g/mol. The van der Waals surface area contributed by atoms with Gasteiger partial charge in [0.15, 0.2) is 0 Å². The molecule has 0 saturated heterocycles. The van der Waals surface area contributed by atoms with Gasteiger partial charge >= 0.3 is 12.0 Å². The molecule has 0 heterocycles. The van der Waals surface area contributed by atoms with Gasteiger partial charge in [-0.2, -0.15) is 0 Å². The second kappa shape index (κ2) is 9.39. The van der Waals surface area contributed by atoms with E-state index in [4.69, 9.17) is 0 Å². The number of nitrogens with one attached hydrogen (secondary N) is 2. The number of benzene rings is 1. The summed E-state index contributed by atoms with van der Waals surface area (Å²) in [5, 5.41) is 5.57. The molecule has 0 aliphatic rings. The molecule has 0 aliphatic carbocycles. The van der Waals surface area contributed by atoms with Crippen molar-refractivity contribution in [3.05, 3.63) is 28.2 Å². The first-order valence-corrected chi connectivity index (χ1v) is 7.70. The third-order valence-electron chi connectivity index (χ3n) is 2.99. The number of esters is 1. The van der Waals surface area contributed by atoms with Gasteiger partial charge in [-0.1, -0.05) is 22.4 Å². The zero-order valence-corrected chi connectivity index (χ0v) is 14.0. The summed E-state index contributed by atoms with van der Waals surface area (Å²) >= 11 is 3.42. The molecule has 21 heavy (non-hydrogen) atoms. The highest BCUT2D eigenvalue weighted by Gasteiger charge is 2.03. The number of unbranched alkanes of at least 4 members (excludes halogenated alkanes) is 2. The molecule has 0 bridgehead atoms. The molecule has 0 saturated carbocycles. The summed E-state index contributed by atoms with van der Waals surface area (Å²) in [5.41, 5.74) is 1.83. The Kier molecular flexibility index (Phi) is 7.82. The van der Waals surface area contributed by atoms with Crippen molar-refractivity contribution in [3.8, 4) is 0 Å². The van der Waals surface area contributed by atoms with Crippen LogP contribution in [0.25, 0.3) is 0 Å². The van der Waals surface area contributed by atoms with E-state index in [0.29, 0.717) is 13.0 Å². The number of anilines is 1. The van der Waals surface area contributed by atoms with Crippen LogP contribution in [0, 0.1) is 6.92 Å². The highest BCUT2D eigenvalue weighted by molar-refractivity contribution is 9.10. The van der Waals surface area contributed by atoms with Gasteiger partial charge in [-0.3, -0.25) is 4.79 Å². The van der Waals surface area contributed by atoms with Crippen molar-refractivity contribution < 1.29 is 14.3 Å². The maximum Gasteiger partial charge on any atom is 0.319 e. The van der Waals surface area contributed by atoms with E-state index in [1.807, 2.05) is 25.1 Å². The summed E-state index contributed by atoms with van der Waals surface area (Å²) in [6, 6.07) is 5.43. The molecule has 0 atom stereocenters. The fourth-order valence-corrected chi connectivity index (χ4v) is 2.02. The minimum absolute atomic E-state index is 0.189. The summed E-state index contributed by atoms with van der Waals surface area (Å²) in [7, 11) is 1.39. The predicted molar refractivity (Wildman–Crippen MR) is 86.4 cm³/mol. The zero-order valence-electron chi connectivity index (χ0n) is 12.4. The third-order valence-corrected chi connectivity index (χ3v) is 3.88.